The summed E-state index contributed by atoms with van der Waals surface area (Å²) in [7, 11) is 0. The van der Waals surface area contributed by atoms with Gasteiger partial charge in [0.1, 0.15) is 24.0 Å². The van der Waals surface area contributed by atoms with Crippen molar-refractivity contribution in [1.29, 1.82) is 0 Å². The van der Waals surface area contributed by atoms with E-state index in [-0.39, 0.29) is 12.2 Å². The number of rotatable bonds is 4. The lowest BCUT2D eigenvalue weighted by Crippen LogP contribution is -1.99. The minimum Gasteiger partial charge on any atom is -0.489 e. The molecule has 94 valence electrons. The van der Waals surface area contributed by atoms with Gasteiger partial charge in [0.25, 0.3) is 0 Å². The van der Waals surface area contributed by atoms with Crippen LogP contribution in [0.15, 0.2) is 42.5 Å². The molecule has 2 aromatic rings. The van der Waals surface area contributed by atoms with E-state index in [1.54, 1.807) is 12.1 Å². The van der Waals surface area contributed by atoms with Crippen molar-refractivity contribution in [2.75, 3.05) is 0 Å². The molecule has 0 heterocycles. The van der Waals surface area contributed by atoms with Crippen LogP contribution >= 0.6 is 11.6 Å². The molecular weight excluding hydrogens is 258 g/mol. The standard InChI is InChI=1S/C14H11ClF2O/c15-8-10-1-4-13(5-2-10)18-9-11-7-12(16)3-6-14(11)17/h1-7H,8-9H2. The Morgan fingerprint density at radius 3 is 2.39 bits per heavy atom. The third kappa shape index (κ3) is 3.20. The van der Waals surface area contributed by atoms with Crippen molar-refractivity contribution in [3.63, 3.8) is 0 Å². The van der Waals surface area contributed by atoms with E-state index >= 15 is 0 Å². The van der Waals surface area contributed by atoms with Gasteiger partial charge in [-0.05, 0) is 35.9 Å². The van der Waals surface area contributed by atoms with Crippen LogP contribution in [0.5, 0.6) is 5.75 Å². The van der Waals surface area contributed by atoms with Gasteiger partial charge in [0, 0.05) is 11.4 Å². The van der Waals surface area contributed by atoms with E-state index in [4.69, 9.17) is 16.3 Å². The molecule has 18 heavy (non-hydrogen) atoms. The van der Waals surface area contributed by atoms with E-state index in [0.29, 0.717) is 11.6 Å². The van der Waals surface area contributed by atoms with Gasteiger partial charge in [-0.3, -0.25) is 0 Å². The number of halogens is 3. The monoisotopic (exact) mass is 268 g/mol. The van der Waals surface area contributed by atoms with Gasteiger partial charge in [0.2, 0.25) is 0 Å². The first-order valence-corrected chi connectivity index (χ1v) is 5.94. The Kier molecular flexibility index (Phi) is 4.15. The Labute approximate surface area is 109 Å². The summed E-state index contributed by atoms with van der Waals surface area (Å²) >= 11 is 5.66. The van der Waals surface area contributed by atoms with Crippen LogP contribution in [0.2, 0.25) is 0 Å². The van der Waals surface area contributed by atoms with Gasteiger partial charge >= 0.3 is 0 Å². The second kappa shape index (κ2) is 5.83. The fraction of sp³-hybridized carbons (Fsp3) is 0.143. The van der Waals surface area contributed by atoms with Crippen molar-refractivity contribution in [3.05, 3.63) is 65.2 Å². The van der Waals surface area contributed by atoms with Crippen molar-refractivity contribution in [3.8, 4) is 5.75 Å². The summed E-state index contributed by atoms with van der Waals surface area (Å²) in [5.74, 6) is 0.0625. The largest absolute Gasteiger partial charge is 0.489 e. The van der Waals surface area contributed by atoms with Gasteiger partial charge in [-0.15, -0.1) is 11.6 Å². The predicted octanol–water partition coefficient (Wildman–Crippen LogP) is 4.28. The van der Waals surface area contributed by atoms with Crippen LogP contribution in [-0.2, 0) is 12.5 Å². The third-order valence-corrected chi connectivity index (χ3v) is 2.79. The Morgan fingerprint density at radius 1 is 1.00 bits per heavy atom. The third-order valence-electron chi connectivity index (χ3n) is 2.48. The van der Waals surface area contributed by atoms with E-state index in [2.05, 4.69) is 0 Å². The molecular formula is C14H11ClF2O. The summed E-state index contributed by atoms with van der Waals surface area (Å²) in [4.78, 5) is 0. The lowest BCUT2D eigenvalue weighted by molar-refractivity contribution is 0.299. The molecule has 2 aromatic carbocycles. The van der Waals surface area contributed by atoms with Crippen molar-refractivity contribution in [2.45, 2.75) is 12.5 Å². The number of hydrogen-bond donors (Lipinski definition) is 0. The molecule has 2 rings (SSSR count). The summed E-state index contributed by atoms with van der Waals surface area (Å²) in [5.41, 5.74) is 1.16. The Bertz CT molecular complexity index is 526. The molecule has 0 bridgehead atoms. The number of alkyl halides is 1. The zero-order valence-corrected chi connectivity index (χ0v) is 10.3. The average molecular weight is 269 g/mol. The normalized spacial score (nSPS) is 10.4. The molecule has 0 saturated heterocycles. The van der Waals surface area contributed by atoms with Gasteiger partial charge in [0.15, 0.2) is 0 Å². The molecule has 0 aromatic heterocycles. The van der Waals surface area contributed by atoms with E-state index in [9.17, 15) is 8.78 Å². The zero-order valence-electron chi connectivity index (χ0n) is 9.50. The molecule has 0 aliphatic heterocycles. The molecule has 0 aliphatic carbocycles. The molecule has 0 atom stereocenters. The van der Waals surface area contributed by atoms with E-state index in [0.717, 1.165) is 23.8 Å². The molecule has 0 fully saturated rings. The van der Waals surface area contributed by atoms with Gasteiger partial charge < -0.3 is 4.74 Å². The minimum absolute atomic E-state index is 0.0101. The van der Waals surface area contributed by atoms with E-state index < -0.39 is 11.6 Å². The highest BCUT2D eigenvalue weighted by atomic mass is 35.5. The predicted molar refractivity (Wildman–Crippen MR) is 66.7 cm³/mol. The first-order chi connectivity index (χ1) is 8.69. The maximum Gasteiger partial charge on any atom is 0.130 e. The highest BCUT2D eigenvalue weighted by molar-refractivity contribution is 6.17. The highest BCUT2D eigenvalue weighted by Gasteiger charge is 2.04. The molecule has 0 aliphatic rings. The molecule has 0 radical (unpaired) electrons. The average Bonchev–Trinajstić information content (AvgIpc) is 2.40. The lowest BCUT2D eigenvalue weighted by Gasteiger charge is -2.07. The summed E-state index contributed by atoms with van der Waals surface area (Å²) < 4.78 is 31.6. The second-order valence-corrected chi connectivity index (χ2v) is 4.07. The molecule has 0 N–H and O–H groups in total. The summed E-state index contributed by atoms with van der Waals surface area (Å²) in [6.07, 6.45) is 0. The van der Waals surface area contributed by atoms with E-state index in [1.165, 1.54) is 0 Å². The molecule has 0 amide bonds. The SMILES string of the molecule is Fc1ccc(F)c(COc2ccc(CCl)cc2)c1. The van der Waals surface area contributed by atoms with Gasteiger partial charge in [0.05, 0.1) is 0 Å². The number of hydrogen-bond acceptors (Lipinski definition) is 1. The van der Waals surface area contributed by atoms with Crippen molar-refractivity contribution >= 4 is 11.6 Å². The van der Waals surface area contributed by atoms with Crippen molar-refractivity contribution in [1.82, 2.24) is 0 Å². The topological polar surface area (TPSA) is 9.23 Å². The van der Waals surface area contributed by atoms with Gasteiger partial charge in [-0.25, -0.2) is 8.78 Å². The highest BCUT2D eigenvalue weighted by Crippen LogP contribution is 2.17. The summed E-state index contributed by atoms with van der Waals surface area (Å²) in [5, 5.41) is 0. The first-order valence-electron chi connectivity index (χ1n) is 5.40. The number of benzene rings is 2. The second-order valence-electron chi connectivity index (χ2n) is 3.80. The maximum atomic E-state index is 13.3. The van der Waals surface area contributed by atoms with Crippen molar-refractivity contribution < 1.29 is 13.5 Å². The van der Waals surface area contributed by atoms with Crippen LogP contribution in [0.3, 0.4) is 0 Å². The molecule has 0 spiro atoms. The van der Waals surface area contributed by atoms with Crippen molar-refractivity contribution in [2.24, 2.45) is 0 Å². The van der Waals surface area contributed by atoms with Crippen LogP contribution in [0, 0.1) is 11.6 Å². The Morgan fingerprint density at radius 2 is 1.72 bits per heavy atom. The van der Waals surface area contributed by atoms with E-state index in [1.807, 2.05) is 12.1 Å². The lowest BCUT2D eigenvalue weighted by atomic mass is 10.2. The summed E-state index contributed by atoms with van der Waals surface area (Å²) in [6, 6.07) is 10.4. The van der Waals surface area contributed by atoms with Crippen LogP contribution < -0.4 is 4.74 Å². The minimum atomic E-state index is -0.479. The van der Waals surface area contributed by atoms with Gasteiger partial charge in [-0.2, -0.15) is 0 Å². The molecule has 0 saturated carbocycles. The van der Waals surface area contributed by atoms with Gasteiger partial charge in [-0.1, -0.05) is 12.1 Å². The first kappa shape index (κ1) is 12.8. The quantitative estimate of drug-likeness (QED) is 0.752. The Balaban J connectivity index is 2.04. The fourth-order valence-corrected chi connectivity index (χ4v) is 1.67. The summed E-state index contributed by atoms with van der Waals surface area (Å²) in [6.45, 7) is -0.0101. The molecule has 0 unspecified atom stereocenters. The maximum absolute atomic E-state index is 13.3. The van der Waals surface area contributed by atoms with Crippen LogP contribution in [0.25, 0.3) is 0 Å². The Hall–Kier alpha value is -1.61. The number of ether oxygens (including phenoxy) is 1. The van der Waals surface area contributed by atoms with Crippen LogP contribution in [-0.4, -0.2) is 0 Å². The smallest absolute Gasteiger partial charge is 0.130 e. The van der Waals surface area contributed by atoms with Crippen LogP contribution in [0.4, 0.5) is 8.78 Å². The fourth-order valence-electron chi connectivity index (χ4n) is 1.49. The van der Waals surface area contributed by atoms with Crippen LogP contribution in [0.1, 0.15) is 11.1 Å². The molecule has 4 heteroatoms. The molecule has 1 nitrogen and oxygen atoms in total. The zero-order chi connectivity index (χ0) is 13.0.